The van der Waals surface area contributed by atoms with E-state index in [2.05, 4.69) is 21.4 Å². The van der Waals surface area contributed by atoms with E-state index in [0.717, 1.165) is 16.3 Å². The zero-order chi connectivity index (χ0) is 16.5. The van der Waals surface area contributed by atoms with Crippen molar-refractivity contribution >= 4 is 33.6 Å². The molecule has 0 atom stereocenters. The molecule has 0 unspecified atom stereocenters. The number of nitrogens with zero attached hydrogens (tertiary/aromatic N) is 5. The zero-order valence-electron chi connectivity index (χ0n) is 12.4. The lowest BCUT2D eigenvalue weighted by atomic mass is 10.1. The van der Waals surface area contributed by atoms with Gasteiger partial charge in [0.05, 0.1) is 0 Å². The first-order chi connectivity index (χ1) is 11.8. The van der Waals surface area contributed by atoms with Crippen LogP contribution in [0.4, 0.5) is 4.39 Å². The minimum Gasteiger partial charge on any atom is -0.264 e. The van der Waals surface area contributed by atoms with E-state index in [4.69, 9.17) is 0 Å². The number of nitriles is 1. The van der Waals surface area contributed by atoms with Crippen molar-refractivity contribution in [3.63, 3.8) is 0 Å². The highest BCUT2D eigenvalue weighted by Gasteiger charge is 2.13. The first-order valence-electron chi connectivity index (χ1n) is 7.23. The maximum absolute atomic E-state index is 14.1. The van der Waals surface area contributed by atoms with Crippen LogP contribution in [-0.4, -0.2) is 20.0 Å². The molecule has 5 nitrogen and oxygen atoms in total. The number of fused-ring (bicyclic) bond motifs is 2. The highest BCUT2D eigenvalue weighted by molar-refractivity contribution is 5.95. The lowest BCUT2D eigenvalue weighted by molar-refractivity contribution is 0.632. The van der Waals surface area contributed by atoms with Crippen LogP contribution in [0.25, 0.3) is 33.6 Å². The van der Waals surface area contributed by atoms with Gasteiger partial charge in [-0.25, -0.2) is 4.39 Å². The Balaban J connectivity index is 1.95. The average molecular weight is 315 g/mol. The molecule has 0 saturated carbocycles. The minimum absolute atomic E-state index is 0.187. The van der Waals surface area contributed by atoms with Crippen LogP contribution in [0.3, 0.4) is 0 Å². The number of hydrogen-bond acceptors (Lipinski definition) is 4. The number of para-hydroxylation sites is 1. The van der Waals surface area contributed by atoms with E-state index in [1.807, 2.05) is 24.3 Å². The van der Waals surface area contributed by atoms with E-state index in [-0.39, 0.29) is 11.2 Å². The van der Waals surface area contributed by atoms with Gasteiger partial charge in [-0.05, 0) is 35.2 Å². The molecule has 114 valence electrons. The SMILES string of the molecule is N#C/C(=C\c1cccc2cnccc12)n1nnc2cccc(F)c21. The molecule has 0 N–H and O–H groups in total. The minimum atomic E-state index is -0.472. The fourth-order valence-corrected chi connectivity index (χ4v) is 2.66. The largest absolute Gasteiger partial charge is 0.264 e. The Morgan fingerprint density at radius 2 is 2.04 bits per heavy atom. The summed E-state index contributed by atoms with van der Waals surface area (Å²) >= 11 is 0. The first kappa shape index (κ1) is 14.0. The Bertz CT molecular complexity index is 1130. The number of benzene rings is 2. The fourth-order valence-electron chi connectivity index (χ4n) is 2.66. The lowest BCUT2D eigenvalue weighted by Crippen LogP contribution is -1.99. The van der Waals surface area contributed by atoms with E-state index < -0.39 is 5.82 Å². The fraction of sp³-hybridized carbons (Fsp3) is 0. The predicted molar refractivity (Wildman–Crippen MR) is 89.0 cm³/mol. The van der Waals surface area contributed by atoms with Crippen molar-refractivity contribution in [1.82, 2.24) is 20.0 Å². The van der Waals surface area contributed by atoms with Crippen molar-refractivity contribution in [2.75, 3.05) is 0 Å². The summed E-state index contributed by atoms with van der Waals surface area (Å²) in [5.41, 5.74) is 1.60. The van der Waals surface area contributed by atoms with E-state index in [1.165, 1.54) is 10.7 Å². The highest BCUT2D eigenvalue weighted by atomic mass is 19.1. The molecule has 0 aliphatic heterocycles. The summed E-state index contributed by atoms with van der Waals surface area (Å²) in [5.74, 6) is -0.472. The van der Waals surface area contributed by atoms with Crippen LogP contribution in [0, 0.1) is 17.1 Å². The standard InChI is InChI=1S/C18H10FN5/c19-16-5-2-6-17-18(16)24(23-22-17)14(10-20)9-12-3-1-4-13-11-21-8-7-15(12)13/h1-9,11H/b14-9+. The summed E-state index contributed by atoms with van der Waals surface area (Å²) in [6, 6.07) is 14.2. The van der Waals surface area contributed by atoms with Crippen LogP contribution < -0.4 is 0 Å². The smallest absolute Gasteiger partial charge is 0.151 e. The molecule has 4 rings (SSSR count). The number of pyridine rings is 1. The second-order valence-electron chi connectivity index (χ2n) is 5.19. The molecule has 4 aromatic rings. The highest BCUT2D eigenvalue weighted by Crippen LogP contribution is 2.23. The number of allylic oxidation sites excluding steroid dienone is 1. The number of hydrogen-bond donors (Lipinski definition) is 0. The molecular formula is C18H10FN5. The molecule has 0 bridgehead atoms. The van der Waals surface area contributed by atoms with Gasteiger partial charge in [0.2, 0.25) is 0 Å². The number of rotatable bonds is 2. The molecule has 24 heavy (non-hydrogen) atoms. The molecule has 0 amide bonds. The number of halogens is 1. The Morgan fingerprint density at radius 3 is 2.92 bits per heavy atom. The van der Waals surface area contributed by atoms with Crippen molar-refractivity contribution in [3.05, 3.63) is 66.2 Å². The zero-order valence-corrected chi connectivity index (χ0v) is 12.4. The first-order valence-corrected chi connectivity index (χ1v) is 7.23. The monoisotopic (exact) mass is 315 g/mol. The van der Waals surface area contributed by atoms with E-state index in [1.54, 1.807) is 30.6 Å². The van der Waals surface area contributed by atoms with Gasteiger partial charge in [0, 0.05) is 17.8 Å². The molecule has 0 radical (unpaired) electrons. The molecule has 0 aliphatic carbocycles. The Hall–Kier alpha value is -3.59. The van der Waals surface area contributed by atoms with Gasteiger partial charge in [0.1, 0.15) is 22.8 Å². The van der Waals surface area contributed by atoms with Crippen LogP contribution in [0.1, 0.15) is 5.56 Å². The van der Waals surface area contributed by atoms with Gasteiger partial charge >= 0.3 is 0 Å². The van der Waals surface area contributed by atoms with Gasteiger partial charge < -0.3 is 0 Å². The molecular weight excluding hydrogens is 305 g/mol. The molecule has 0 spiro atoms. The lowest BCUT2D eigenvalue weighted by Gasteiger charge is -2.04. The summed E-state index contributed by atoms with van der Waals surface area (Å²) < 4.78 is 15.3. The Labute approximate surface area is 136 Å². The third kappa shape index (κ3) is 2.20. The summed E-state index contributed by atoms with van der Waals surface area (Å²) in [6.07, 6.45) is 5.11. The van der Waals surface area contributed by atoms with Gasteiger partial charge in [0.25, 0.3) is 0 Å². The van der Waals surface area contributed by atoms with Crippen molar-refractivity contribution in [2.24, 2.45) is 0 Å². The molecule has 2 aromatic carbocycles. The van der Waals surface area contributed by atoms with Crippen molar-refractivity contribution in [2.45, 2.75) is 0 Å². The topological polar surface area (TPSA) is 67.4 Å². The summed E-state index contributed by atoms with van der Waals surface area (Å²) in [4.78, 5) is 4.09. The second kappa shape index (κ2) is 5.56. The van der Waals surface area contributed by atoms with Crippen molar-refractivity contribution in [3.8, 4) is 6.07 Å². The molecule has 0 fully saturated rings. The maximum Gasteiger partial charge on any atom is 0.151 e. The molecule has 2 aromatic heterocycles. The summed E-state index contributed by atoms with van der Waals surface area (Å²) in [7, 11) is 0. The van der Waals surface area contributed by atoms with Gasteiger partial charge in [-0.3, -0.25) is 4.98 Å². The van der Waals surface area contributed by atoms with Crippen molar-refractivity contribution < 1.29 is 4.39 Å². The summed E-state index contributed by atoms with van der Waals surface area (Å²) in [6.45, 7) is 0. The molecule has 2 heterocycles. The Kier molecular flexibility index (Phi) is 3.25. The van der Waals surface area contributed by atoms with Crippen molar-refractivity contribution in [1.29, 1.82) is 5.26 Å². The Morgan fingerprint density at radius 1 is 1.17 bits per heavy atom. The van der Waals surface area contributed by atoms with Gasteiger partial charge in [-0.15, -0.1) is 5.10 Å². The van der Waals surface area contributed by atoms with Gasteiger partial charge in [-0.1, -0.05) is 29.5 Å². The second-order valence-corrected chi connectivity index (χ2v) is 5.19. The summed E-state index contributed by atoms with van der Waals surface area (Å²) in [5, 5.41) is 19.3. The van der Waals surface area contributed by atoms with Gasteiger partial charge in [0.15, 0.2) is 5.82 Å². The van der Waals surface area contributed by atoms with Crippen LogP contribution in [0.2, 0.25) is 0 Å². The number of aromatic nitrogens is 4. The third-order valence-corrected chi connectivity index (χ3v) is 3.77. The molecule has 0 saturated heterocycles. The quantitative estimate of drug-likeness (QED) is 0.530. The van der Waals surface area contributed by atoms with E-state index in [0.29, 0.717) is 5.52 Å². The predicted octanol–water partition coefficient (Wildman–Crippen LogP) is 3.64. The van der Waals surface area contributed by atoms with Crippen LogP contribution in [0.5, 0.6) is 0 Å². The van der Waals surface area contributed by atoms with Gasteiger partial charge in [-0.2, -0.15) is 9.94 Å². The molecule has 0 aliphatic rings. The average Bonchev–Trinajstić information content (AvgIpc) is 3.05. The van der Waals surface area contributed by atoms with Crippen LogP contribution in [0.15, 0.2) is 54.9 Å². The maximum atomic E-state index is 14.1. The normalized spacial score (nSPS) is 11.8. The third-order valence-electron chi connectivity index (χ3n) is 3.77. The van der Waals surface area contributed by atoms with Crippen LogP contribution >= 0.6 is 0 Å². The van der Waals surface area contributed by atoms with Crippen LogP contribution in [-0.2, 0) is 0 Å². The molecule has 6 heteroatoms. The van der Waals surface area contributed by atoms with E-state index >= 15 is 0 Å². The van der Waals surface area contributed by atoms with E-state index in [9.17, 15) is 9.65 Å².